The number of methoxy groups -OCH3 is 2. The first-order valence-corrected chi connectivity index (χ1v) is 5.78. The van der Waals surface area contributed by atoms with Crippen LogP contribution in [0.3, 0.4) is 0 Å². The molecule has 0 radical (unpaired) electrons. The fourth-order valence-corrected chi connectivity index (χ4v) is 2.02. The van der Waals surface area contributed by atoms with Crippen LogP contribution in [0.15, 0.2) is 0 Å². The molecule has 1 fully saturated rings. The predicted molar refractivity (Wildman–Crippen MR) is 66.6 cm³/mol. The van der Waals surface area contributed by atoms with Crippen LogP contribution in [-0.2, 0) is 14.3 Å². The van der Waals surface area contributed by atoms with Crippen LogP contribution in [0.1, 0.15) is 0 Å². The van der Waals surface area contributed by atoms with E-state index in [9.17, 15) is 9.59 Å². The van der Waals surface area contributed by atoms with Gasteiger partial charge in [-0.15, -0.1) is 6.42 Å². The Hall–Kier alpha value is -1.78. The van der Waals surface area contributed by atoms with E-state index in [1.54, 1.807) is 14.2 Å². The van der Waals surface area contributed by atoms with E-state index in [4.69, 9.17) is 21.0 Å². The molecule has 1 rings (SSSR count). The van der Waals surface area contributed by atoms with Gasteiger partial charge in [-0.3, -0.25) is 4.79 Å². The molecular weight excluding hydrogens is 252 g/mol. The largest absolute Gasteiger partial charge is 0.480 e. The number of hydrogen-bond donors (Lipinski definition) is 1. The van der Waals surface area contributed by atoms with Crippen molar-refractivity contribution in [1.29, 1.82) is 0 Å². The summed E-state index contributed by atoms with van der Waals surface area (Å²) in [5, 5.41) is 8.77. The fraction of sp³-hybridized carbons (Fsp3) is 0.667. The SMILES string of the molecule is C#CCN(CC(=O)O)C(=O)N1CC(OC)C(OC)C1. The number of amides is 2. The van der Waals surface area contributed by atoms with Gasteiger partial charge in [0.1, 0.15) is 18.8 Å². The number of nitrogens with zero attached hydrogens (tertiary/aromatic N) is 2. The first-order chi connectivity index (χ1) is 9.03. The molecule has 106 valence electrons. The number of carbonyl (C=O) groups is 2. The second-order valence-corrected chi connectivity index (χ2v) is 4.19. The Labute approximate surface area is 112 Å². The van der Waals surface area contributed by atoms with Crippen LogP contribution in [0.5, 0.6) is 0 Å². The van der Waals surface area contributed by atoms with Gasteiger partial charge in [0.05, 0.1) is 19.6 Å². The van der Waals surface area contributed by atoms with Gasteiger partial charge < -0.3 is 24.4 Å². The van der Waals surface area contributed by atoms with Crippen LogP contribution in [-0.4, -0.2) is 79.5 Å². The van der Waals surface area contributed by atoms with E-state index < -0.39 is 18.5 Å². The Morgan fingerprint density at radius 2 is 1.89 bits per heavy atom. The number of carbonyl (C=O) groups excluding carboxylic acids is 1. The van der Waals surface area contributed by atoms with Crippen LogP contribution >= 0.6 is 0 Å². The average Bonchev–Trinajstić information content (AvgIpc) is 2.80. The number of urea groups is 1. The number of aliphatic carboxylic acids is 1. The summed E-state index contributed by atoms with van der Waals surface area (Å²) in [6, 6.07) is -0.415. The zero-order valence-corrected chi connectivity index (χ0v) is 11.0. The molecule has 0 bridgehead atoms. The van der Waals surface area contributed by atoms with Crippen LogP contribution < -0.4 is 0 Å². The van der Waals surface area contributed by atoms with Gasteiger partial charge in [-0.05, 0) is 0 Å². The molecule has 7 heteroatoms. The lowest BCUT2D eigenvalue weighted by atomic mass is 10.3. The van der Waals surface area contributed by atoms with Crippen molar-refractivity contribution in [2.24, 2.45) is 0 Å². The van der Waals surface area contributed by atoms with Crippen LogP contribution in [0.4, 0.5) is 4.79 Å². The zero-order valence-electron chi connectivity index (χ0n) is 11.0. The summed E-state index contributed by atoms with van der Waals surface area (Å²) in [6.07, 6.45) is 4.71. The summed E-state index contributed by atoms with van der Waals surface area (Å²) in [6.45, 7) is 0.245. The summed E-state index contributed by atoms with van der Waals surface area (Å²) >= 11 is 0. The van der Waals surface area contributed by atoms with Gasteiger partial charge in [-0.1, -0.05) is 5.92 Å². The maximum Gasteiger partial charge on any atom is 0.323 e. The summed E-state index contributed by atoms with van der Waals surface area (Å²) < 4.78 is 10.4. The first-order valence-electron chi connectivity index (χ1n) is 5.78. The Bertz CT molecular complexity index is 367. The van der Waals surface area contributed by atoms with Crippen molar-refractivity contribution in [3.63, 3.8) is 0 Å². The lowest BCUT2D eigenvalue weighted by Gasteiger charge is -2.25. The number of terminal acetylenes is 1. The number of likely N-dealkylation sites (tertiary alicyclic amines) is 1. The van der Waals surface area contributed by atoms with E-state index in [2.05, 4.69) is 5.92 Å². The molecule has 1 N–H and O–H groups in total. The Balaban J connectivity index is 2.70. The van der Waals surface area contributed by atoms with Crippen molar-refractivity contribution in [2.75, 3.05) is 40.4 Å². The van der Waals surface area contributed by atoms with Crippen molar-refractivity contribution in [3.8, 4) is 12.3 Å². The van der Waals surface area contributed by atoms with Crippen LogP contribution in [0, 0.1) is 12.3 Å². The summed E-state index contributed by atoms with van der Waals surface area (Å²) in [7, 11) is 3.09. The Morgan fingerprint density at radius 1 is 1.37 bits per heavy atom. The van der Waals surface area contributed by atoms with Gasteiger partial charge in [0.2, 0.25) is 0 Å². The Morgan fingerprint density at radius 3 is 2.26 bits per heavy atom. The maximum absolute atomic E-state index is 12.2. The number of hydrogen-bond acceptors (Lipinski definition) is 4. The monoisotopic (exact) mass is 270 g/mol. The standard InChI is InChI=1S/C12H18N2O5/c1-4-5-13(8-11(15)16)12(17)14-6-9(18-2)10(7-14)19-3/h1,9-10H,5-8H2,2-3H3,(H,15,16). The smallest absolute Gasteiger partial charge is 0.323 e. The lowest BCUT2D eigenvalue weighted by Crippen LogP contribution is -2.45. The van der Waals surface area contributed by atoms with Gasteiger partial charge in [0.25, 0.3) is 0 Å². The molecule has 2 unspecified atom stereocenters. The van der Waals surface area contributed by atoms with E-state index in [0.717, 1.165) is 4.90 Å². The van der Waals surface area contributed by atoms with E-state index in [-0.39, 0.29) is 18.8 Å². The number of rotatable bonds is 5. The highest BCUT2D eigenvalue weighted by molar-refractivity contribution is 5.80. The third-order valence-corrected chi connectivity index (χ3v) is 2.97. The normalized spacial score (nSPS) is 22.1. The van der Waals surface area contributed by atoms with Crippen molar-refractivity contribution >= 4 is 12.0 Å². The molecular formula is C12H18N2O5. The highest BCUT2D eigenvalue weighted by atomic mass is 16.5. The van der Waals surface area contributed by atoms with Crippen molar-refractivity contribution < 1.29 is 24.2 Å². The molecule has 1 aliphatic heterocycles. The predicted octanol–water partition coefficient (Wildman–Crippen LogP) is -0.528. The molecule has 0 aromatic carbocycles. The summed E-state index contributed by atoms with van der Waals surface area (Å²) in [4.78, 5) is 25.5. The van der Waals surface area contributed by atoms with E-state index >= 15 is 0 Å². The second-order valence-electron chi connectivity index (χ2n) is 4.19. The van der Waals surface area contributed by atoms with E-state index in [1.807, 2.05) is 0 Å². The molecule has 0 aromatic rings. The molecule has 0 spiro atoms. The molecule has 1 saturated heterocycles. The molecule has 0 aromatic heterocycles. The quantitative estimate of drug-likeness (QED) is 0.679. The second kappa shape index (κ2) is 6.97. The summed E-state index contributed by atoms with van der Waals surface area (Å²) in [5.74, 6) is 1.18. The molecule has 2 atom stereocenters. The molecule has 0 aliphatic carbocycles. The first kappa shape index (κ1) is 15.3. The van der Waals surface area contributed by atoms with Crippen LogP contribution in [0.2, 0.25) is 0 Å². The highest BCUT2D eigenvalue weighted by Crippen LogP contribution is 2.17. The molecule has 2 amide bonds. The van der Waals surface area contributed by atoms with Crippen molar-refractivity contribution in [2.45, 2.75) is 12.2 Å². The van der Waals surface area contributed by atoms with Crippen molar-refractivity contribution in [3.05, 3.63) is 0 Å². The van der Waals surface area contributed by atoms with Gasteiger partial charge in [-0.25, -0.2) is 4.79 Å². The molecule has 7 nitrogen and oxygen atoms in total. The summed E-state index contributed by atoms with van der Waals surface area (Å²) in [5.41, 5.74) is 0. The number of carboxylic acid groups (broad SMARTS) is 1. The fourth-order valence-electron chi connectivity index (χ4n) is 2.02. The van der Waals surface area contributed by atoms with Gasteiger partial charge in [-0.2, -0.15) is 0 Å². The van der Waals surface area contributed by atoms with Gasteiger partial charge in [0.15, 0.2) is 0 Å². The Kier molecular flexibility index (Phi) is 5.60. The molecule has 1 aliphatic rings. The minimum absolute atomic E-state index is 0.0447. The molecule has 1 heterocycles. The minimum atomic E-state index is -1.10. The number of carboxylic acids is 1. The molecule has 0 saturated carbocycles. The maximum atomic E-state index is 12.2. The van der Waals surface area contributed by atoms with E-state index in [0.29, 0.717) is 13.1 Å². The highest BCUT2D eigenvalue weighted by Gasteiger charge is 2.37. The third kappa shape index (κ3) is 3.84. The lowest BCUT2D eigenvalue weighted by molar-refractivity contribution is -0.137. The third-order valence-electron chi connectivity index (χ3n) is 2.97. The van der Waals surface area contributed by atoms with Crippen LogP contribution in [0.25, 0.3) is 0 Å². The van der Waals surface area contributed by atoms with Crippen molar-refractivity contribution in [1.82, 2.24) is 9.80 Å². The zero-order chi connectivity index (χ0) is 14.4. The van der Waals surface area contributed by atoms with Gasteiger partial charge in [0, 0.05) is 14.2 Å². The number of ether oxygens (including phenoxy) is 2. The molecule has 19 heavy (non-hydrogen) atoms. The van der Waals surface area contributed by atoms with E-state index in [1.165, 1.54) is 4.90 Å². The van der Waals surface area contributed by atoms with Gasteiger partial charge >= 0.3 is 12.0 Å². The minimum Gasteiger partial charge on any atom is -0.480 e. The topological polar surface area (TPSA) is 79.3 Å². The average molecular weight is 270 g/mol.